The molecule has 0 bridgehead atoms. The fraction of sp³-hybridized carbons (Fsp3) is 0.611. The molecule has 1 fully saturated rings. The Morgan fingerprint density at radius 1 is 1.27 bits per heavy atom. The van der Waals surface area contributed by atoms with Gasteiger partial charge in [-0.05, 0) is 62.4 Å². The van der Waals surface area contributed by atoms with Gasteiger partial charge in [0.05, 0.1) is 18.4 Å². The highest BCUT2D eigenvalue weighted by Gasteiger charge is 2.33. The minimum absolute atomic E-state index is 0.0670. The second kappa shape index (κ2) is 7.84. The van der Waals surface area contributed by atoms with Gasteiger partial charge in [0.2, 0.25) is 10.0 Å². The minimum atomic E-state index is -3.37. The first-order valence-corrected chi connectivity index (χ1v) is 10.6. The zero-order valence-electron chi connectivity index (χ0n) is 15.3. The van der Waals surface area contributed by atoms with Crippen LogP contribution in [0.3, 0.4) is 0 Å². The van der Waals surface area contributed by atoms with Crippen molar-refractivity contribution in [1.82, 2.24) is 14.9 Å². The van der Waals surface area contributed by atoms with Gasteiger partial charge in [0.25, 0.3) is 0 Å². The van der Waals surface area contributed by atoms with E-state index in [0.717, 1.165) is 30.6 Å². The normalized spacial score (nSPS) is 23.2. The summed E-state index contributed by atoms with van der Waals surface area (Å²) in [4.78, 5) is 14.4. The van der Waals surface area contributed by atoms with Gasteiger partial charge in [-0.3, -0.25) is 0 Å². The van der Waals surface area contributed by atoms with E-state index in [-0.39, 0.29) is 18.6 Å². The quantitative estimate of drug-likeness (QED) is 0.832. The average Bonchev–Trinajstić information content (AvgIpc) is 2.68. The van der Waals surface area contributed by atoms with Crippen LogP contribution in [0, 0.1) is 0 Å². The summed E-state index contributed by atoms with van der Waals surface area (Å²) in [6.07, 6.45) is 4.15. The van der Waals surface area contributed by atoms with Gasteiger partial charge >= 0.3 is 6.03 Å². The molecule has 1 aliphatic heterocycles. The first kappa shape index (κ1) is 19.0. The molecule has 0 saturated carbocycles. The van der Waals surface area contributed by atoms with Crippen molar-refractivity contribution in [3.8, 4) is 5.75 Å². The molecule has 1 aromatic carbocycles. The summed E-state index contributed by atoms with van der Waals surface area (Å²) in [6.45, 7) is 0.811. The van der Waals surface area contributed by atoms with E-state index in [1.807, 2.05) is 12.1 Å². The van der Waals surface area contributed by atoms with E-state index in [2.05, 4.69) is 16.1 Å². The fourth-order valence-corrected chi connectivity index (χ4v) is 5.02. The van der Waals surface area contributed by atoms with Crippen molar-refractivity contribution in [2.75, 3.05) is 27.2 Å². The van der Waals surface area contributed by atoms with Crippen molar-refractivity contribution >= 4 is 16.1 Å². The SMILES string of the molecule is CNS(=O)(=O)C1CCCN(C(=O)N[C@H]2CCCc3ccc(OC)cc32)C1. The smallest absolute Gasteiger partial charge is 0.317 e. The molecule has 1 saturated heterocycles. The summed E-state index contributed by atoms with van der Waals surface area (Å²) >= 11 is 0. The number of nitrogens with zero attached hydrogens (tertiary/aromatic N) is 1. The first-order valence-electron chi connectivity index (χ1n) is 9.09. The number of benzene rings is 1. The number of amides is 2. The van der Waals surface area contributed by atoms with Crippen molar-refractivity contribution < 1.29 is 17.9 Å². The molecule has 0 spiro atoms. The highest BCUT2D eigenvalue weighted by Crippen LogP contribution is 2.32. The number of rotatable bonds is 4. The average molecular weight is 381 g/mol. The van der Waals surface area contributed by atoms with Crippen LogP contribution in [0.25, 0.3) is 0 Å². The molecule has 1 aliphatic carbocycles. The van der Waals surface area contributed by atoms with E-state index in [1.165, 1.54) is 12.6 Å². The number of carbonyl (C=O) groups excluding carboxylic acids is 1. The third-order valence-electron chi connectivity index (χ3n) is 5.35. The number of ether oxygens (including phenoxy) is 1. The number of hydrogen-bond acceptors (Lipinski definition) is 4. The Hall–Kier alpha value is -1.80. The largest absolute Gasteiger partial charge is 0.497 e. The maximum atomic E-state index is 12.8. The predicted octanol–water partition coefficient (Wildman–Crippen LogP) is 1.80. The lowest BCUT2D eigenvalue weighted by Gasteiger charge is -2.34. The van der Waals surface area contributed by atoms with Gasteiger partial charge in [-0.1, -0.05) is 6.07 Å². The first-order chi connectivity index (χ1) is 12.4. The number of likely N-dealkylation sites (tertiary alicyclic amines) is 1. The van der Waals surface area contributed by atoms with Crippen LogP contribution in [0.1, 0.15) is 42.9 Å². The van der Waals surface area contributed by atoms with Crippen molar-refractivity contribution in [3.05, 3.63) is 29.3 Å². The van der Waals surface area contributed by atoms with Crippen molar-refractivity contribution in [2.45, 2.75) is 43.4 Å². The fourth-order valence-electron chi connectivity index (χ4n) is 3.84. The summed E-state index contributed by atoms with van der Waals surface area (Å²) in [5.41, 5.74) is 2.33. The molecule has 26 heavy (non-hydrogen) atoms. The molecule has 1 aromatic rings. The van der Waals surface area contributed by atoms with Gasteiger partial charge in [-0.2, -0.15) is 0 Å². The standard InChI is InChI=1S/C18H27N3O4S/c1-19-26(23,24)15-6-4-10-21(12-15)18(22)20-17-7-3-5-13-8-9-14(25-2)11-16(13)17/h8-9,11,15,17,19H,3-7,10,12H2,1-2H3,(H,20,22)/t15?,17-/m0/s1. The molecule has 2 N–H and O–H groups in total. The second-order valence-electron chi connectivity index (χ2n) is 6.92. The molecule has 1 heterocycles. The van der Waals surface area contributed by atoms with E-state index in [4.69, 9.17) is 4.74 Å². The Morgan fingerprint density at radius 3 is 2.81 bits per heavy atom. The topological polar surface area (TPSA) is 87.7 Å². The van der Waals surface area contributed by atoms with Crippen LogP contribution in [0.15, 0.2) is 18.2 Å². The Balaban J connectivity index is 1.71. The lowest BCUT2D eigenvalue weighted by Crippen LogP contribution is -2.51. The molecule has 1 unspecified atom stereocenters. The molecule has 2 aliphatic rings. The van der Waals surface area contributed by atoms with Crippen molar-refractivity contribution in [2.24, 2.45) is 0 Å². The van der Waals surface area contributed by atoms with Crippen molar-refractivity contribution in [3.63, 3.8) is 0 Å². The minimum Gasteiger partial charge on any atom is -0.497 e. The van der Waals surface area contributed by atoms with E-state index >= 15 is 0 Å². The number of nitrogens with one attached hydrogen (secondary N) is 2. The van der Waals surface area contributed by atoms with Crippen LogP contribution in [0.2, 0.25) is 0 Å². The molecular weight excluding hydrogens is 354 g/mol. The van der Waals surface area contributed by atoms with Gasteiger partial charge in [0.15, 0.2) is 0 Å². The summed E-state index contributed by atoms with van der Waals surface area (Å²) in [6, 6.07) is 5.73. The highest BCUT2D eigenvalue weighted by atomic mass is 32.2. The Labute approximate surface area is 155 Å². The van der Waals surface area contributed by atoms with Gasteiger partial charge < -0.3 is 15.0 Å². The van der Waals surface area contributed by atoms with Crippen LogP contribution in [-0.2, 0) is 16.4 Å². The molecule has 2 atom stereocenters. The third-order valence-corrected chi connectivity index (χ3v) is 7.19. The number of methoxy groups -OCH3 is 1. The van der Waals surface area contributed by atoms with Crippen LogP contribution in [-0.4, -0.2) is 51.8 Å². The van der Waals surface area contributed by atoms with E-state index in [0.29, 0.717) is 19.4 Å². The summed E-state index contributed by atoms with van der Waals surface area (Å²) < 4.78 is 31.8. The molecule has 8 heteroatoms. The van der Waals surface area contributed by atoms with Gasteiger partial charge in [-0.25, -0.2) is 17.9 Å². The lowest BCUT2D eigenvalue weighted by molar-refractivity contribution is 0.182. The molecule has 2 amide bonds. The zero-order valence-corrected chi connectivity index (χ0v) is 16.1. The Kier molecular flexibility index (Phi) is 5.72. The molecule has 0 radical (unpaired) electrons. The molecule has 144 valence electrons. The predicted molar refractivity (Wildman–Crippen MR) is 99.8 cm³/mol. The summed E-state index contributed by atoms with van der Waals surface area (Å²) in [7, 11) is -0.316. The van der Waals surface area contributed by atoms with Crippen LogP contribution >= 0.6 is 0 Å². The van der Waals surface area contributed by atoms with E-state index < -0.39 is 15.3 Å². The van der Waals surface area contributed by atoms with Crippen LogP contribution in [0.4, 0.5) is 4.79 Å². The number of carbonyl (C=O) groups is 1. The monoisotopic (exact) mass is 381 g/mol. The van der Waals surface area contributed by atoms with Crippen LogP contribution < -0.4 is 14.8 Å². The maximum Gasteiger partial charge on any atom is 0.317 e. The van der Waals surface area contributed by atoms with E-state index in [9.17, 15) is 13.2 Å². The highest BCUT2D eigenvalue weighted by molar-refractivity contribution is 7.90. The number of hydrogen-bond donors (Lipinski definition) is 2. The van der Waals surface area contributed by atoms with Crippen LogP contribution in [0.5, 0.6) is 5.75 Å². The number of fused-ring (bicyclic) bond motifs is 1. The number of piperidine rings is 1. The summed E-state index contributed by atoms with van der Waals surface area (Å²) in [5, 5.41) is 2.55. The Bertz CT molecular complexity index is 766. The number of urea groups is 1. The third kappa shape index (κ3) is 3.96. The number of aryl methyl sites for hydroxylation is 1. The molecule has 7 nitrogen and oxygen atoms in total. The van der Waals surface area contributed by atoms with Gasteiger partial charge in [-0.15, -0.1) is 0 Å². The van der Waals surface area contributed by atoms with Gasteiger partial charge in [0.1, 0.15) is 5.75 Å². The molecule has 0 aromatic heterocycles. The molecular formula is C18H27N3O4S. The lowest BCUT2D eigenvalue weighted by atomic mass is 9.87. The molecule has 3 rings (SSSR count). The zero-order chi connectivity index (χ0) is 18.7. The van der Waals surface area contributed by atoms with E-state index in [1.54, 1.807) is 12.0 Å². The Morgan fingerprint density at radius 2 is 2.08 bits per heavy atom. The summed E-state index contributed by atoms with van der Waals surface area (Å²) in [5.74, 6) is 0.781. The maximum absolute atomic E-state index is 12.8. The van der Waals surface area contributed by atoms with Gasteiger partial charge in [0, 0.05) is 13.1 Å². The second-order valence-corrected chi connectivity index (χ2v) is 9.08. The number of sulfonamides is 1. The van der Waals surface area contributed by atoms with Crippen molar-refractivity contribution in [1.29, 1.82) is 0 Å².